The van der Waals surface area contributed by atoms with E-state index in [1.165, 1.54) is 17.0 Å². The number of benzene rings is 1. The number of hydrogen-bond donors (Lipinski definition) is 1. The van der Waals surface area contributed by atoms with E-state index in [-0.39, 0.29) is 30.0 Å². The zero-order chi connectivity index (χ0) is 24.9. The van der Waals surface area contributed by atoms with E-state index >= 15 is 0 Å². The number of amides is 4. The summed E-state index contributed by atoms with van der Waals surface area (Å²) in [6.07, 6.45) is 5.58. The number of halogens is 1. The second kappa shape index (κ2) is 11.1. The van der Waals surface area contributed by atoms with Crippen LogP contribution in [-0.2, 0) is 16.0 Å². The van der Waals surface area contributed by atoms with E-state index in [1.807, 2.05) is 38.9 Å². The van der Waals surface area contributed by atoms with Gasteiger partial charge in [-0.25, -0.2) is 9.18 Å². The molecule has 0 aromatic heterocycles. The highest BCUT2D eigenvalue weighted by Crippen LogP contribution is 2.36. The van der Waals surface area contributed by atoms with Gasteiger partial charge in [-0.3, -0.25) is 14.5 Å². The summed E-state index contributed by atoms with van der Waals surface area (Å²) in [5, 5.41) is 3.01. The number of urea groups is 1. The van der Waals surface area contributed by atoms with Gasteiger partial charge in [-0.05, 0) is 75.5 Å². The van der Waals surface area contributed by atoms with E-state index in [0.717, 1.165) is 6.54 Å². The number of piperidine rings is 1. The van der Waals surface area contributed by atoms with Gasteiger partial charge in [0.15, 0.2) is 0 Å². The first kappa shape index (κ1) is 25.9. The van der Waals surface area contributed by atoms with Gasteiger partial charge in [-0.2, -0.15) is 0 Å². The SMILES string of the molecule is CC(C)C=CC(=O)N1CCC(C2(Cc3cccc(F)c3)NC(=O)N(CCCN(C)C)C2=O)CC1. The third kappa shape index (κ3) is 6.03. The normalized spacial score (nSPS) is 21.9. The highest BCUT2D eigenvalue weighted by atomic mass is 19.1. The Morgan fingerprint density at radius 3 is 2.59 bits per heavy atom. The van der Waals surface area contributed by atoms with Gasteiger partial charge in [-0.1, -0.05) is 32.1 Å². The number of likely N-dealkylation sites (tertiary alicyclic amines) is 1. The number of allylic oxidation sites excluding steroid dienone is 1. The molecule has 0 bridgehead atoms. The standard InChI is InChI=1S/C26H37FN4O3/c1-19(2)9-10-23(32)30-15-11-21(12-16-30)26(18-20-7-5-8-22(27)17-20)24(33)31(25(34)28-26)14-6-13-29(3)4/h5,7-10,17,19,21H,6,11-16,18H2,1-4H3,(H,28,34). The van der Waals surface area contributed by atoms with Crippen molar-refractivity contribution >= 4 is 17.8 Å². The van der Waals surface area contributed by atoms with Gasteiger partial charge in [0.1, 0.15) is 11.4 Å². The van der Waals surface area contributed by atoms with Gasteiger partial charge in [-0.15, -0.1) is 0 Å². The van der Waals surface area contributed by atoms with Crippen LogP contribution >= 0.6 is 0 Å². The third-order valence-corrected chi connectivity index (χ3v) is 6.69. The van der Waals surface area contributed by atoms with Crippen LogP contribution in [-0.4, -0.2) is 78.4 Å². The molecular weight excluding hydrogens is 435 g/mol. The van der Waals surface area contributed by atoms with E-state index in [4.69, 9.17) is 0 Å². The molecular formula is C26H37FN4O3. The zero-order valence-corrected chi connectivity index (χ0v) is 20.7. The van der Waals surface area contributed by atoms with E-state index in [0.29, 0.717) is 50.4 Å². The minimum atomic E-state index is -1.13. The van der Waals surface area contributed by atoms with E-state index in [1.54, 1.807) is 23.1 Å². The van der Waals surface area contributed by atoms with Crippen molar-refractivity contribution in [2.75, 3.05) is 40.3 Å². The maximum atomic E-state index is 13.9. The summed E-state index contributed by atoms with van der Waals surface area (Å²) in [5.74, 6) is -0.502. The topological polar surface area (TPSA) is 73.0 Å². The molecule has 2 aliphatic rings. The highest BCUT2D eigenvalue weighted by Gasteiger charge is 2.55. The van der Waals surface area contributed by atoms with Crippen molar-refractivity contribution in [3.05, 3.63) is 47.8 Å². The van der Waals surface area contributed by atoms with Gasteiger partial charge in [0.2, 0.25) is 5.91 Å². The highest BCUT2D eigenvalue weighted by molar-refractivity contribution is 6.07. The Morgan fingerprint density at radius 2 is 1.97 bits per heavy atom. The molecule has 8 heteroatoms. The first-order valence-corrected chi connectivity index (χ1v) is 12.1. The second-order valence-electron chi connectivity index (χ2n) is 10.0. The Labute approximate surface area is 202 Å². The van der Waals surface area contributed by atoms with E-state index in [9.17, 15) is 18.8 Å². The van der Waals surface area contributed by atoms with E-state index < -0.39 is 11.6 Å². The Hall–Kier alpha value is -2.74. The molecule has 4 amide bonds. The fourth-order valence-electron chi connectivity index (χ4n) is 4.88. The van der Waals surface area contributed by atoms with Crippen LogP contribution < -0.4 is 5.32 Å². The van der Waals surface area contributed by atoms with Crippen LogP contribution in [0.15, 0.2) is 36.4 Å². The Morgan fingerprint density at radius 1 is 1.26 bits per heavy atom. The predicted molar refractivity (Wildman–Crippen MR) is 130 cm³/mol. The monoisotopic (exact) mass is 472 g/mol. The van der Waals surface area contributed by atoms with Crippen LogP contribution in [0, 0.1) is 17.7 Å². The molecule has 0 aliphatic carbocycles. The van der Waals surface area contributed by atoms with Crippen LogP contribution in [0.25, 0.3) is 0 Å². The maximum absolute atomic E-state index is 13.9. The molecule has 186 valence electrons. The van der Waals surface area contributed by atoms with Gasteiger partial charge < -0.3 is 15.1 Å². The van der Waals surface area contributed by atoms with Crippen molar-refractivity contribution in [2.45, 2.75) is 45.1 Å². The number of carbonyl (C=O) groups excluding carboxylic acids is 3. The van der Waals surface area contributed by atoms with Crippen molar-refractivity contribution in [1.82, 2.24) is 20.0 Å². The lowest BCUT2D eigenvalue weighted by Gasteiger charge is -2.41. The first-order chi connectivity index (χ1) is 16.1. The summed E-state index contributed by atoms with van der Waals surface area (Å²) in [5.41, 5.74) is -0.464. The van der Waals surface area contributed by atoms with Crippen LogP contribution in [0.5, 0.6) is 0 Å². The lowest BCUT2D eigenvalue weighted by molar-refractivity contribution is -0.134. The first-order valence-electron chi connectivity index (χ1n) is 12.1. The number of imide groups is 1. The third-order valence-electron chi connectivity index (χ3n) is 6.69. The molecule has 3 rings (SSSR count). The summed E-state index contributed by atoms with van der Waals surface area (Å²) in [6, 6.07) is 5.81. The van der Waals surface area contributed by atoms with Crippen molar-refractivity contribution < 1.29 is 18.8 Å². The maximum Gasteiger partial charge on any atom is 0.325 e. The van der Waals surface area contributed by atoms with Crippen molar-refractivity contribution in [3.63, 3.8) is 0 Å². The van der Waals surface area contributed by atoms with Crippen LogP contribution in [0.2, 0.25) is 0 Å². The average Bonchev–Trinajstić information content (AvgIpc) is 3.02. The Kier molecular flexibility index (Phi) is 8.47. The molecule has 2 heterocycles. The smallest absolute Gasteiger partial charge is 0.325 e. The molecule has 1 aromatic carbocycles. The molecule has 0 radical (unpaired) electrons. The van der Waals surface area contributed by atoms with Crippen molar-refractivity contribution in [2.24, 2.45) is 11.8 Å². The summed E-state index contributed by atoms with van der Waals surface area (Å²) >= 11 is 0. The molecule has 2 aliphatic heterocycles. The number of carbonyl (C=O) groups is 3. The predicted octanol–water partition coefficient (Wildman–Crippen LogP) is 3.06. The quantitative estimate of drug-likeness (QED) is 0.443. The molecule has 1 unspecified atom stereocenters. The molecule has 1 N–H and O–H groups in total. The van der Waals surface area contributed by atoms with Gasteiger partial charge in [0.25, 0.3) is 5.91 Å². The minimum absolute atomic E-state index is 0.0292. The Balaban J connectivity index is 1.80. The van der Waals surface area contributed by atoms with Crippen molar-refractivity contribution in [1.29, 1.82) is 0 Å². The average molecular weight is 473 g/mol. The van der Waals surface area contributed by atoms with Crippen LogP contribution in [0.4, 0.5) is 9.18 Å². The summed E-state index contributed by atoms with van der Waals surface area (Å²) < 4.78 is 13.9. The summed E-state index contributed by atoms with van der Waals surface area (Å²) in [6.45, 7) is 6.17. The second-order valence-corrected chi connectivity index (χ2v) is 10.0. The van der Waals surface area contributed by atoms with Crippen LogP contribution in [0.3, 0.4) is 0 Å². The fraction of sp³-hybridized carbons (Fsp3) is 0.577. The van der Waals surface area contributed by atoms with Gasteiger partial charge >= 0.3 is 6.03 Å². The van der Waals surface area contributed by atoms with E-state index in [2.05, 4.69) is 5.32 Å². The van der Waals surface area contributed by atoms with Crippen molar-refractivity contribution in [3.8, 4) is 0 Å². The molecule has 34 heavy (non-hydrogen) atoms. The lowest BCUT2D eigenvalue weighted by atomic mass is 9.74. The van der Waals surface area contributed by atoms with Gasteiger partial charge in [0, 0.05) is 26.1 Å². The fourth-order valence-corrected chi connectivity index (χ4v) is 4.88. The zero-order valence-electron chi connectivity index (χ0n) is 20.7. The number of rotatable bonds is 9. The number of nitrogens with one attached hydrogen (secondary N) is 1. The molecule has 0 spiro atoms. The minimum Gasteiger partial charge on any atom is -0.339 e. The summed E-state index contributed by atoms with van der Waals surface area (Å²) in [4.78, 5) is 44.3. The Bertz CT molecular complexity index is 924. The molecule has 1 aromatic rings. The largest absolute Gasteiger partial charge is 0.339 e. The molecule has 0 saturated carbocycles. The lowest BCUT2D eigenvalue weighted by Crippen LogP contribution is -2.58. The number of nitrogens with zero attached hydrogens (tertiary/aromatic N) is 3. The summed E-state index contributed by atoms with van der Waals surface area (Å²) in [7, 11) is 3.90. The molecule has 7 nitrogen and oxygen atoms in total. The molecule has 1 atom stereocenters. The van der Waals surface area contributed by atoms with Gasteiger partial charge in [0.05, 0.1) is 0 Å². The number of hydrogen-bond acceptors (Lipinski definition) is 4. The molecule has 2 fully saturated rings. The van der Waals surface area contributed by atoms with Crippen LogP contribution in [0.1, 0.15) is 38.7 Å². The molecule has 2 saturated heterocycles.